The molecule has 11 N–H and O–H groups in total. The second-order valence-corrected chi connectivity index (χ2v) is 9.62. The summed E-state index contributed by atoms with van der Waals surface area (Å²) in [6, 6.07) is 1.84. The number of hydrogen-bond donors (Lipinski definition) is 9. The Balaban J connectivity index is 2.90. The molecule has 0 aromatic heterocycles. The molecule has 13 nitrogen and oxygen atoms in total. The van der Waals surface area contributed by atoms with Gasteiger partial charge in [-0.15, -0.1) is 0 Å². The fraction of sp³-hybridized carbons (Fsp3) is 0.542. The molecule has 4 atom stereocenters. The molecule has 0 aliphatic rings. The molecule has 1 rings (SSSR count). The topological polar surface area (TPSA) is 235 Å². The number of aliphatic carboxylic acids is 1. The Morgan fingerprint density at radius 3 is 2.03 bits per heavy atom. The van der Waals surface area contributed by atoms with E-state index < -0.39 is 47.9 Å². The van der Waals surface area contributed by atoms with Crippen LogP contribution in [0.3, 0.4) is 0 Å². The van der Waals surface area contributed by atoms with E-state index in [2.05, 4.69) is 33.6 Å². The van der Waals surface area contributed by atoms with Crippen LogP contribution in [0.1, 0.15) is 38.7 Å². The van der Waals surface area contributed by atoms with Crippen LogP contribution >= 0.6 is 12.6 Å². The first-order chi connectivity index (χ1) is 17.8. The molecule has 0 saturated heterocycles. The maximum atomic E-state index is 13.0. The van der Waals surface area contributed by atoms with Crippen LogP contribution in [-0.2, 0) is 25.6 Å². The smallest absolute Gasteiger partial charge is 0.326 e. The molecule has 0 heterocycles. The number of nitrogens with zero attached hydrogens (tertiary/aromatic N) is 1. The Morgan fingerprint density at radius 2 is 1.50 bits per heavy atom. The maximum Gasteiger partial charge on any atom is 0.326 e. The van der Waals surface area contributed by atoms with Gasteiger partial charge < -0.3 is 43.4 Å². The number of benzene rings is 1. The van der Waals surface area contributed by atoms with Crippen molar-refractivity contribution in [3.05, 3.63) is 29.8 Å². The van der Waals surface area contributed by atoms with E-state index in [0.29, 0.717) is 12.0 Å². The van der Waals surface area contributed by atoms with Crippen molar-refractivity contribution in [2.75, 3.05) is 12.3 Å². The number of carbonyl (C=O) groups is 4. The van der Waals surface area contributed by atoms with E-state index in [1.54, 1.807) is 12.1 Å². The zero-order valence-electron chi connectivity index (χ0n) is 21.6. The van der Waals surface area contributed by atoms with Gasteiger partial charge in [0.05, 0.1) is 6.04 Å². The molecule has 212 valence electrons. The Kier molecular flexibility index (Phi) is 14.0. The highest BCUT2D eigenvalue weighted by atomic mass is 32.1. The van der Waals surface area contributed by atoms with E-state index >= 15 is 0 Å². The predicted molar refractivity (Wildman–Crippen MR) is 146 cm³/mol. The maximum absolute atomic E-state index is 13.0. The van der Waals surface area contributed by atoms with E-state index in [4.69, 9.17) is 17.2 Å². The first-order valence-electron chi connectivity index (χ1n) is 12.2. The van der Waals surface area contributed by atoms with Crippen molar-refractivity contribution in [3.63, 3.8) is 0 Å². The standard InChI is InChI=1S/C24H39N7O6S/c1-13(2)10-18(23(36)37)30-21(34)17(4-3-9-28-24(26)27)29-22(35)19(12-38)31-20(33)16(25)11-14-5-7-15(32)8-6-14/h5-8,13,16-19,32,38H,3-4,9-12,25H2,1-2H3,(H,29,35)(H,30,34)(H,31,33)(H,36,37)(H4,26,27,28). The lowest BCUT2D eigenvalue weighted by molar-refractivity contribution is -0.142. The highest BCUT2D eigenvalue weighted by molar-refractivity contribution is 7.80. The van der Waals surface area contributed by atoms with Gasteiger partial charge >= 0.3 is 5.97 Å². The number of thiol groups is 1. The van der Waals surface area contributed by atoms with Gasteiger partial charge in [-0.1, -0.05) is 26.0 Å². The average Bonchev–Trinajstić information content (AvgIpc) is 2.84. The predicted octanol–water partition coefficient (Wildman–Crippen LogP) is -1.17. The SMILES string of the molecule is CC(C)CC(NC(=O)C(CCCN=C(N)N)NC(=O)C(CS)NC(=O)C(N)Cc1ccc(O)cc1)C(=O)O. The molecule has 38 heavy (non-hydrogen) atoms. The average molecular weight is 554 g/mol. The molecule has 0 aliphatic heterocycles. The zero-order valence-corrected chi connectivity index (χ0v) is 22.5. The van der Waals surface area contributed by atoms with E-state index in [1.807, 2.05) is 13.8 Å². The molecular weight excluding hydrogens is 514 g/mol. The molecule has 0 aliphatic carbocycles. The Hall–Kier alpha value is -3.52. The lowest BCUT2D eigenvalue weighted by Gasteiger charge is -2.25. The van der Waals surface area contributed by atoms with Crippen LogP contribution in [0.5, 0.6) is 5.75 Å². The number of carboxylic acid groups (broad SMARTS) is 1. The van der Waals surface area contributed by atoms with E-state index in [-0.39, 0.29) is 49.2 Å². The minimum absolute atomic E-state index is 0.000803. The number of hydrogen-bond acceptors (Lipinski definition) is 8. The summed E-state index contributed by atoms with van der Waals surface area (Å²) in [7, 11) is 0. The number of phenols is 1. The summed E-state index contributed by atoms with van der Waals surface area (Å²) >= 11 is 4.14. The number of guanidine groups is 1. The highest BCUT2D eigenvalue weighted by Crippen LogP contribution is 2.11. The summed E-state index contributed by atoms with van der Waals surface area (Å²) in [6.45, 7) is 3.83. The first kappa shape index (κ1) is 32.5. The van der Waals surface area contributed by atoms with Crippen LogP contribution in [0, 0.1) is 5.92 Å². The minimum atomic E-state index is -1.19. The number of aromatic hydroxyl groups is 1. The second kappa shape index (κ2) is 16.3. The molecule has 4 unspecified atom stereocenters. The van der Waals surface area contributed by atoms with Crippen LogP contribution in [-0.4, -0.2) is 76.3 Å². The molecule has 0 spiro atoms. The summed E-state index contributed by atoms with van der Waals surface area (Å²) < 4.78 is 0. The molecular formula is C24H39N7O6S. The van der Waals surface area contributed by atoms with Crippen molar-refractivity contribution in [3.8, 4) is 5.75 Å². The molecule has 0 bridgehead atoms. The Labute approximate surface area is 227 Å². The number of carboxylic acids is 1. The van der Waals surface area contributed by atoms with Crippen LogP contribution in [0.4, 0.5) is 0 Å². The van der Waals surface area contributed by atoms with Crippen molar-refractivity contribution in [1.82, 2.24) is 16.0 Å². The van der Waals surface area contributed by atoms with Gasteiger partial charge in [0.1, 0.15) is 23.9 Å². The summed E-state index contributed by atoms with van der Waals surface area (Å²) in [4.78, 5) is 54.0. The van der Waals surface area contributed by atoms with Gasteiger partial charge in [0, 0.05) is 12.3 Å². The third-order valence-corrected chi connectivity index (χ3v) is 5.81. The molecule has 0 radical (unpaired) electrons. The third kappa shape index (κ3) is 12.1. The summed E-state index contributed by atoms with van der Waals surface area (Å²) in [6.07, 6.45) is 0.781. The van der Waals surface area contributed by atoms with E-state index in [0.717, 1.165) is 0 Å². The quantitative estimate of drug-likeness (QED) is 0.0518. The van der Waals surface area contributed by atoms with Gasteiger partial charge in [-0.3, -0.25) is 19.4 Å². The number of carbonyl (C=O) groups excluding carboxylic acids is 3. The summed E-state index contributed by atoms with van der Waals surface area (Å²) in [5, 5.41) is 26.4. The Morgan fingerprint density at radius 1 is 0.947 bits per heavy atom. The number of amides is 3. The molecule has 1 aromatic rings. The lowest BCUT2D eigenvalue weighted by atomic mass is 10.0. The first-order valence-corrected chi connectivity index (χ1v) is 12.8. The largest absolute Gasteiger partial charge is 0.508 e. The van der Waals surface area contributed by atoms with Crippen LogP contribution in [0.2, 0.25) is 0 Å². The van der Waals surface area contributed by atoms with Crippen molar-refractivity contribution in [1.29, 1.82) is 0 Å². The molecule has 0 saturated carbocycles. The zero-order chi connectivity index (χ0) is 28.8. The van der Waals surface area contributed by atoms with Crippen molar-refractivity contribution >= 4 is 42.3 Å². The Bertz CT molecular complexity index is 970. The second-order valence-electron chi connectivity index (χ2n) is 9.26. The molecule has 0 fully saturated rings. The molecule has 1 aromatic carbocycles. The number of rotatable bonds is 16. The molecule has 3 amide bonds. The van der Waals surface area contributed by atoms with Crippen molar-refractivity contribution < 1.29 is 29.4 Å². The van der Waals surface area contributed by atoms with Crippen LogP contribution in [0.15, 0.2) is 29.3 Å². The van der Waals surface area contributed by atoms with Crippen molar-refractivity contribution in [2.45, 2.75) is 63.7 Å². The van der Waals surface area contributed by atoms with Gasteiger partial charge in [-0.05, 0) is 49.3 Å². The lowest BCUT2D eigenvalue weighted by Crippen LogP contribution is -2.57. The molecule has 14 heteroatoms. The van der Waals surface area contributed by atoms with Gasteiger partial charge in [0.2, 0.25) is 17.7 Å². The van der Waals surface area contributed by atoms with E-state index in [9.17, 15) is 29.4 Å². The van der Waals surface area contributed by atoms with E-state index in [1.165, 1.54) is 12.1 Å². The number of nitrogens with one attached hydrogen (secondary N) is 3. The minimum Gasteiger partial charge on any atom is -0.508 e. The number of nitrogens with two attached hydrogens (primary N) is 3. The fourth-order valence-corrected chi connectivity index (χ4v) is 3.72. The highest BCUT2D eigenvalue weighted by Gasteiger charge is 2.30. The summed E-state index contributed by atoms with van der Waals surface area (Å²) in [5.41, 5.74) is 17.3. The number of phenolic OH excluding ortho intramolecular Hbond substituents is 1. The summed E-state index contributed by atoms with van der Waals surface area (Å²) in [5.74, 6) is -3.32. The van der Waals surface area contributed by atoms with Crippen LogP contribution < -0.4 is 33.2 Å². The van der Waals surface area contributed by atoms with Gasteiger partial charge in [0.15, 0.2) is 5.96 Å². The monoisotopic (exact) mass is 553 g/mol. The fourth-order valence-electron chi connectivity index (χ4n) is 3.46. The van der Waals surface area contributed by atoms with Gasteiger partial charge in [-0.2, -0.15) is 12.6 Å². The normalized spacial score (nSPS) is 14.0. The van der Waals surface area contributed by atoms with Gasteiger partial charge in [-0.25, -0.2) is 4.79 Å². The number of aliphatic imine (C=N–C) groups is 1. The van der Waals surface area contributed by atoms with Crippen molar-refractivity contribution in [2.24, 2.45) is 28.1 Å². The third-order valence-electron chi connectivity index (χ3n) is 5.44. The van der Waals surface area contributed by atoms with Gasteiger partial charge in [0.25, 0.3) is 0 Å². The van der Waals surface area contributed by atoms with Crippen LogP contribution in [0.25, 0.3) is 0 Å².